The van der Waals surface area contributed by atoms with Crippen LogP contribution in [0, 0.1) is 0 Å². The summed E-state index contributed by atoms with van der Waals surface area (Å²) in [6.07, 6.45) is 2.50. The van der Waals surface area contributed by atoms with E-state index >= 15 is 0 Å². The van der Waals surface area contributed by atoms with Crippen LogP contribution in [-0.2, 0) is 9.59 Å². The third-order valence-electron chi connectivity index (χ3n) is 5.38. The Morgan fingerprint density at radius 1 is 1.17 bits per heavy atom. The second kappa shape index (κ2) is 6.68. The zero-order chi connectivity index (χ0) is 17.3. The number of carbonyl (C=O) groups is 3. The number of β-amino-alcohol motifs (C(OH)–C–C–N with tert-alkyl or cyclic N) is 1. The maximum atomic E-state index is 12.6. The van der Waals surface area contributed by atoms with Crippen molar-refractivity contribution in [3.8, 4) is 0 Å². The Labute approximate surface area is 141 Å². The molecule has 2 saturated heterocycles. The molecule has 2 aliphatic heterocycles. The van der Waals surface area contributed by atoms with Crippen LogP contribution in [0.5, 0.6) is 0 Å². The first-order chi connectivity index (χ1) is 11.4. The number of carbonyl (C=O) groups excluding carboxylic acids is 3. The number of amides is 4. The summed E-state index contributed by atoms with van der Waals surface area (Å²) in [5.74, 6) is -0.123. The van der Waals surface area contributed by atoms with Gasteiger partial charge in [-0.05, 0) is 12.8 Å². The Balaban J connectivity index is 1.50. The fourth-order valence-corrected chi connectivity index (χ4v) is 3.97. The van der Waals surface area contributed by atoms with Gasteiger partial charge in [0.05, 0.1) is 12.6 Å². The zero-order valence-corrected chi connectivity index (χ0v) is 14.2. The standard InChI is InChI=1S/C16H26N4O4/c1-12(21)19-8-6-18(7-9-19)10-13(22)11-20-14(23)16(17-15(20)24)4-2-3-5-16/h13,22H,2-11H2,1H3,(H,17,24)/t13-/m1/s1. The molecule has 24 heavy (non-hydrogen) atoms. The summed E-state index contributed by atoms with van der Waals surface area (Å²) in [4.78, 5) is 41.0. The van der Waals surface area contributed by atoms with Gasteiger partial charge in [0.1, 0.15) is 5.54 Å². The van der Waals surface area contributed by atoms with Crippen molar-refractivity contribution in [3.05, 3.63) is 0 Å². The van der Waals surface area contributed by atoms with Crippen molar-refractivity contribution in [1.82, 2.24) is 20.0 Å². The third-order valence-corrected chi connectivity index (χ3v) is 5.38. The summed E-state index contributed by atoms with van der Waals surface area (Å²) >= 11 is 0. The van der Waals surface area contributed by atoms with Crippen LogP contribution in [0.3, 0.4) is 0 Å². The van der Waals surface area contributed by atoms with E-state index in [4.69, 9.17) is 0 Å². The highest BCUT2D eigenvalue weighted by Gasteiger charge is 2.52. The van der Waals surface area contributed by atoms with Crippen LogP contribution in [-0.4, -0.2) is 88.6 Å². The first-order valence-corrected chi connectivity index (χ1v) is 8.71. The molecule has 0 bridgehead atoms. The molecule has 3 rings (SSSR count). The van der Waals surface area contributed by atoms with Gasteiger partial charge < -0.3 is 15.3 Å². The van der Waals surface area contributed by atoms with Crippen LogP contribution < -0.4 is 5.32 Å². The molecule has 1 saturated carbocycles. The predicted octanol–water partition coefficient (Wildman–Crippen LogP) is -0.624. The molecule has 2 heterocycles. The van der Waals surface area contributed by atoms with E-state index in [-0.39, 0.29) is 24.4 Å². The topological polar surface area (TPSA) is 93.2 Å². The highest BCUT2D eigenvalue weighted by Crippen LogP contribution is 2.35. The van der Waals surface area contributed by atoms with Gasteiger partial charge in [-0.25, -0.2) is 4.79 Å². The molecule has 2 N–H and O–H groups in total. The number of urea groups is 1. The summed E-state index contributed by atoms with van der Waals surface area (Å²) < 4.78 is 0. The lowest BCUT2D eigenvalue weighted by molar-refractivity contribution is -0.133. The highest BCUT2D eigenvalue weighted by atomic mass is 16.3. The highest BCUT2D eigenvalue weighted by molar-refractivity contribution is 6.07. The van der Waals surface area contributed by atoms with Crippen molar-refractivity contribution < 1.29 is 19.5 Å². The second-order valence-electron chi connectivity index (χ2n) is 7.10. The number of aliphatic hydroxyl groups excluding tert-OH is 1. The van der Waals surface area contributed by atoms with Crippen LogP contribution in [0.2, 0.25) is 0 Å². The molecule has 0 aromatic heterocycles. The van der Waals surface area contributed by atoms with Gasteiger partial charge in [0.2, 0.25) is 5.91 Å². The Hall–Kier alpha value is -1.67. The minimum absolute atomic E-state index is 0.0271. The van der Waals surface area contributed by atoms with Gasteiger partial charge in [0.25, 0.3) is 5.91 Å². The first kappa shape index (κ1) is 17.2. The molecular weight excluding hydrogens is 312 g/mol. The van der Waals surface area contributed by atoms with Gasteiger partial charge >= 0.3 is 6.03 Å². The van der Waals surface area contributed by atoms with Gasteiger partial charge in [-0.15, -0.1) is 0 Å². The van der Waals surface area contributed by atoms with Crippen molar-refractivity contribution in [2.24, 2.45) is 0 Å². The molecular formula is C16H26N4O4. The van der Waals surface area contributed by atoms with Crippen LogP contribution in [0.25, 0.3) is 0 Å². The normalized spacial score (nSPS) is 25.4. The van der Waals surface area contributed by atoms with E-state index in [1.54, 1.807) is 11.8 Å². The second-order valence-corrected chi connectivity index (χ2v) is 7.10. The summed E-state index contributed by atoms with van der Waals surface area (Å²) in [5, 5.41) is 13.1. The van der Waals surface area contributed by atoms with Crippen LogP contribution in [0.1, 0.15) is 32.6 Å². The number of imide groups is 1. The van der Waals surface area contributed by atoms with Crippen molar-refractivity contribution >= 4 is 17.8 Å². The first-order valence-electron chi connectivity index (χ1n) is 8.71. The van der Waals surface area contributed by atoms with Gasteiger partial charge in [0.15, 0.2) is 0 Å². The van der Waals surface area contributed by atoms with E-state index in [2.05, 4.69) is 10.2 Å². The van der Waals surface area contributed by atoms with Crippen LogP contribution in [0.4, 0.5) is 4.79 Å². The zero-order valence-electron chi connectivity index (χ0n) is 14.2. The molecule has 1 aliphatic carbocycles. The van der Waals surface area contributed by atoms with Crippen molar-refractivity contribution in [2.75, 3.05) is 39.3 Å². The van der Waals surface area contributed by atoms with Gasteiger partial charge in [-0.3, -0.25) is 19.4 Å². The molecule has 0 aromatic rings. The van der Waals surface area contributed by atoms with Crippen molar-refractivity contribution in [2.45, 2.75) is 44.2 Å². The summed E-state index contributed by atoms with van der Waals surface area (Å²) in [6, 6.07) is -0.387. The molecule has 1 spiro atoms. The van der Waals surface area contributed by atoms with Crippen molar-refractivity contribution in [3.63, 3.8) is 0 Å². The lowest BCUT2D eigenvalue weighted by atomic mass is 9.98. The Kier molecular flexibility index (Phi) is 4.78. The summed E-state index contributed by atoms with van der Waals surface area (Å²) in [5.41, 5.74) is -0.718. The molecule has 3 aliphatic rings. The Morgan fingerprint density at radius 3 is 2.38 bits per heavy atom. The fraction of sp³-hybridized carbons (Fsp3) is 0.812. The van der Waals surface area contributed by atoms with E-state index in [0.717, 1.165) is 12.8 Å². The summed E-state index contributed by atoms with van der Waals surface area (Å²) in [7, 11) is 0. The number of rotatable bonds is 4. The summed E-state index contributed by atoms with van der Waals surface area (Å²) in [6.45, 7) is 4.67. The van der Waals surface area contributed by atoms with Crippen molar-refractivity contribution in [1.29, 1.82) is 0 Å². The molecule has 0 radical (unpaired) electrons. The fourth-order valence-electron chi connectivity index (χ4n) is 3.97. The monoisotopic (exact) mass is 338 g/mol. The van der Waals surface area contributed by atoms with E-state index in [1.165, 1.54) is 4.90 Å². The minimum Gasteiger partial charge on any atom is -0.390 e. The average Bonchev–Trinajstić information content (AvgIpc) is 3.09. The molecule has 0 unspecified atom stereocenters. The predicted molar refractivity (Wildman–Crippen MR) is 86.1 cm³/mol. The lowest BCUT2D eigenvalue weighted by Crippen LogP contribution is -2.51. The van der Waals surface area contributed by atoms with E-state index in [0.29, 0.717) is 45.6 Å². The molecule has 1 atom stereocenters. The van der Waals surface area contributed by atoms with E-state index < -0.39 is 11.6 Å². The number of aliphatic hydroxyl groups is 1. The largest absolute Gasteiger partial charge is 0.390 e. The van der Waals surface area contributed by atoms with E-state index in [9.17, 15) is 19.5 Å². The average molecular weight is 338 g/mol. The number of hydrogen-bond acceptors (Lipinski definition) is 5. The Morgan fingerprint density at radius 2 is 1.79 bits per heavy atom. The van der Waals surface area contributed by atoms with Crippen LogP contribution in [0.15, 0.2) is 0 Å². The molecule has 4 amide bonds. The Bertz CT molecular complexity index is 524. The third kappa shape index (κ3) is 3.25. The minimum atomic E-state index is -0.778. The molecule has 0 aromatic carbocycles. The maximum absolute atomic E-state index is 12.6. The number of nitrogens with one attached hydrogen (secondary N) is 1. The van der Waals surface area contributed by atoms with Gasteiger partial charge in [-0.1, -0.05) is 12.8 Å². The molecule has 8 heteroatoms. The van der Waals surface area contributed by atoms with Crippen LogP contribution >= 0.6 is 0 Å². The SMILES string of the molecule is CC(=O)N1CCN(C[C@@H](O)CN2C(=O)NC3(CCCC3)C2=O)CC1. The number of piperazine rings is 1. The van der Waals surface area contributed by atoms with Gasteiger partial charge in [-0.2, -0.15) is 0 Å². The molecule has 134 valence electrons. The number of hydrogen-bond donors (Lipinski definition) is 2. The smallest absolute Gasteiger partial charge is 0.325 e. The van der Waals surface area contributed by atoms with Gasteiger partial charge in [0, 0.05) is 39.6 Å². The lowest BCUT2D eigenvalue weighted by Gasteiger charge is -2.35. The maximum Gasteiger partial charge on any atom is 0.325 e. The quantitative estimate of drug-likeness (QED) is 0.666. The molecule has 8 nitrogen and oxygen atoms in total. The number of nitrogens with zero attached hydrogens (tertiary/aromatic N) is 3. The molecule has 3 fully saturated rings. The van der Waals surface area contributed by atoms with E-state index in [1.807, 2.05) is 0 Å².